The zero-order valence-electron chi connectivity index (χ0n) is 22.0. The Kier molecular flexibility index (Phi) is 11.9. The summed E-state index contributed by atoms with van der Waals surface area (Å²) in [7, 11) is 3.06. The second kappa shape index (κ2) is 14.6. The van der Waals surface area contributed by atoms with Gasteiger partial charge in [-0.15, -0.1) is 12.4 Å². The van der Waals surface area contributed by atoms with Crippen molar-refractivity contribution in [2.24, 2.45) is 0 Å². The third-order valence-electron chi connectivity index (χ3n) is 6.09. The third-order valence-corrected chi connectivity index (χ3v) is 6.09. The maximum absolute atomic E-state index is 12.5. The molecule has 0 saturated carbocycles. The first-order valence-electron chi connectivity index (χ1n) is 12.2. The number of halogens is 1. The molecule has 0 aromatic heterocycles. The second-order valence-electron chi connectivity index (χ2n) is 9.59. The minimum Gasteiger partial charge on any atom is -0.497 e. The zero-order valence-corrected chi connectivity index (χ0v) is 22.8. The lowest BCUT2D eigenvalue weighted by molar-refractivity contribution is -0.142. The van der Waals surface area contributed by atoms with Gasteiger partial charge in [0.15, 0.2) is 0 Å². The molecule has 0 aliphatic carbocycles. The summed E-state index contributed by atoms with van der Waals surface area (Å²) in [6.45, 7) is 4.74. The molecule has 200 valence electrons. The smallest absolute Gasteiger partial charge is 0.313 e. The van der Waals surface area contributed by atoms with Gasteiger partial charge in [0.05, 0.1) is 20.1 Å². The Balaban J connectivity index is 0.00000481. The quantitative estimate of drug-likeness (QED) is 0.306. The van der Waals surface area contributed by atoms with Gasteiger partial charge in [-0.1, -0.05) is 54.6 Å². The molecule has 2 atom stereocenters. The molecule has 0 spiro atoms. The van der Waals surface area contributed by atoms with Gasteiger partial charge in [-0.05, 0) is 67.6 Å². The molecule has 0 aliphatic heterocycles. The van der Waals surface area contributed by atoms with E-state index in [1.165, 1.54) is 12.7 Å². The van der Waals surface area contributed by atoms with Crippen molar-refractivity contribution in [3.05, 3.63) is 95.6 Å². The van der Waals surface area contributed by atoms with E-state index < -0.39 is 12.0 Å². The van der Waals surface area contributed by atoms with E-state index in [9.17, 15) is 9.90 Å². The maximum atomic E-state index is 12.5. The van der Waals surface area contributed by atoms with Crippen LogP contribution in [0.1, 0.15) is 36.5 Å². The molecule has 0 heterocycles. The average Bonchev–Trinajstić information content (AvgIpc) is 2.90. The SMILES string of the molecule is COC(=O)[C@H](Cc1ccccc1)c1cccc(OC[C@H](O)CNC(C)(C)Cc2ccc(OC)cc2)c1.Cl. The molecule has 7 heteroatoms. The molecule has 3 rings (SSSR count). The molecule has 0 saturated heterocycles. The molecule has 0 fully saturated rings. The summed E-state index contributed by atoms with van der Waals surface area (Å²) >= 11 is 0. The van der Waals surface area contributed by atoms with Gasteiger partial charge in [0.25, 0.3) is 0 Å². The van der Waals surface area contributed by atoms with Gasteiger partial charge in [0, 0.05) is 12.1 Å². The number of hydrogen-bond donors (Lipinski definition) is 2. The fourth-order valence-electron chi connectivity index (χ4n) is 4.11. The van der Waals surface area contributed by atoms with Gasteiger partial charge in [0.1, 0.15) is 24.2 Å². The zero-order chi connectivity index (χ0) is 26.0. The summed E-state index contributed by atoms with van der Waals surface area (Å²) in [6.07, 6.45) is 0.653. The molecule has 0 radical (unpaired) electrons. The van der Waals surface area contributed by atoms with E-state index in [2.05, 4.69) is 19.2 Å². The highest BCUT2D eigenvalue weighted by atomic mass is 35.5. The first-order chi connectivity index (χ1) is 17.3. The number of benzene rings is 3. The Morgan fingerprint density at radius 1 is 0.919 bits per heavy atom. The third kappa shape index (κ3) is 9.73. The Morgan fingerprint density at radius 2 is 1.62 bits per heavy atom. The molecule has 3 aromatic carbocycles. The van der Waals surface area contributed by atoms with Crippen molar-refractivity contribution < 1.29 is 24.1 Å². The van der Waals surface area contributed by atoms with E-state index in [4.69, 9.17) is 14.2 Å². The number of esters is 1. The van der Waals surface area contributed by atoms with Crippen LogP contribution in [0.3, 0.4) is 0 Å². The van der Waals surface area contributed by atoms with E-state index in [1.54, 1.807) is 7.11 Å². The molecule has 0 amide bonds. The van der Waals surface area contributed by atoms with Crippen molar-refractivity contribution in [3.63, 3.8) is 0 Å². The number of nitrogens with one attached hydrogen (secondary N) is 1. The van der Waals surface area contributed by atoms with E-state index >= 15 is 0 Å². The van der Waals surface area contributed by atoms with E-state index in [0.29, 0.717) is 18.7 Å². The Hall–Kier alpha value is -3.06. The Bertz CT molecular complexity index is 1090. The molecule has 6 nitrogen and oxygen atoms in total. The highest BCUT2D eigenvalue weighted by Crippen LogP contribution is 2.26. The summed E-state index contributed by atoms with van der Waals surface area (Å²) in [4.78, 5) is 12.5. The first kappa shape index (κ1) is 30.2. The van der Waals surface area contributed by atoms with E-state index in [0.717, 1.165) is 23.3 Å². The van der Waals surface area contributed by atoms with Crippen LogP contribution in [0.5, 0.6) is 11.5 Å². The molecule has 0 unspecified atom stereocenters. The monoisotopic (exact) mass is 527 g/mol. The highest BCUT2D eigenvalue weighted by molar-refractivity contribution is 5.85. The summed E-state index contributed by atoms with van der Waals surface area (Å²) in [6, 6.07) is 25.3. The number of aliphatic hydroxyl groups is 1. The van der Waals surface area contributed by atoms with E-state index in [-0.39, 0.29) is 30.5 Å². The van der Waals surface area contributed by atoms with Crippen LogP contribution in [0.4, 0.5) is 0 Å². The maximum Gasteiger partial charge on any atom is 0.313 e. The predicted molar refractivity (Wildman–Crippen MR) is 149 cm³/mol. The number of carbonyl (C=O) groups excluding carboxylic acids is 1. The lowest BCUT2D eigenvalue weighted by Gasteiger charge is -2.28. The number of ether oxygens (including phenoxy) is 3. The lowest BCUT2D eigenvalue weighted by atomic mass is 9.92. The van der Waals surface area contributed by atoms with Crippen molar-refractivity contribution in [3.8, 4) is 11.5 Å². The van der Waals surface area contributed by atoms with Gasteiger partial charge < -0.3 is 24.6 Å². The molecular formula is C30H38ClNO5. The summed E-state index contributed by atoms with van der Waals surface area (Å²) < 4.78 is 16.2. The minimum atomic E-state index is -0.690. The van der Waals surface area contributed by atoms with Crippen LogP contribution in [-0.2, 0) is 22.4 Å². The van der Waals surface area contributed by atoms with Crippen molar-refractivity contribution in [2.45, 2.75) is 44.2 Å². The van der Waals surface area contributed by atoms with Gasteiger partial charge >= 0.3 is 5.97 Å². The van der Waals surface area contributed by atoms with E-state index in [1.807, 2.05) is 78.9 Å². The molecule has 2 N–H and O–H groups in total. The van der Waals surface area contributed by atoms with Crippen molar-refractivity contribution in [1.82, 2.24) is 5.32 Å². The first-order valence-corrected chi connectivity index (χ1v) is 12.2. The predicted octanol–water partition coefficient (Wildman–Crippen LogP) is 4.97. The van der Waals surface area contributed by atoms with Crippen LogP contribution in [-0.4, -0.2) is 50.1 Å². The Morgan fingerprint density at radius 3 is 2.27 bits per heavy atom. The molecule has 0 aliphatic rings. The lowest BCUT2D eigenvalue weighted by Crippen LogP contribution is -2.46. The molecule has 0 bridgehead atoms. The van der Waals surface area contributed by atoms with Crippen LogP contribution in [0.15, 0.2) is 78.9 Å². The topological polar surface area (TPSA) is 77.0 Å². The molecular weight excluding hydrogens is 490 g/mol. The summed E-state index contributed by atoms with van der Waals surface area (Å²) in [5.74, 6) is 0.704. The van der Waals surface area contributed by atoms with Crippen LogP contribution in [0.2, 0.25) is 0 Å². The van der Waals surface area contributed by atoms with Crippen molar-refractivity contribution >= 4 is 18.4 Å². The fraction of sp³-hybridized carbons (Fsp3) is 0.367. The normalized spacial score (nSPS) is 12.7. The fourth-order valence-corrected chi connectivity index (χ4v) is 4.11. The van der Waals surface area contributed by atoms with Crippen LogP contribution < -0.4 is 14.8 Å². The van der Waals surface area contributed by atoms with Crippen LogP contribution in [0, 0.1) is 0 Å². The second-order valence-corrected chi connectivity index (χ2v) is 9.59. The van der Waals surface area contributed by atoms with Crippen molar-refractivity contribution in [1.29, 1.82) is 0 Å². The number of β-amino-alcohol motifs (C(OH)–C–C–N with tert-alkyl or cyclic N) is 1. The largest absolute Gasteiger partial charge is 0.497 e. The molecule has 3 aromatic rings. The number of aliphatic hydroxyl groups excluding tert-OH is 1. The highest BCUT2D eigenvalue weighted by Gasteiger charge is 2.23. The van der Waals surface area contributed by atoms with Crippen LogP contribution >= 0.6 is 12.4 Å². The summed E-state index contributed by atoms with van der Waals surface area (Å²) in [5, 5.41) is 14.0. The molecule has 37 heavy (non-hydrogen) atoms. The standard InChI is InChI=1S/C30H37NO5.ClH/c1-30(2,19-23-13-15-26(34-3)16-14-23)31-20-25(32)21-36-27-12-8-11-24(18-27)28(29(33)35-4)17-22-9-6-5-7-10-22;/h5-16,18,25,28,31-32H,17,19-21H2,1-4H3;1H/t25-,28-;/m1./s1. The van der Waals surface area contributed by atoms with Gasteiger partial charge in [-0.2, -0.15) is 0 Å². The minimum absolute atomic E-state index is 0. The number of carbonyl (C=O) groups is 1. The Labute approximate surface area is 226 Å². The van der Waals surface area contributed by atoms with Crippen molar-refractivity contribution in [2.75, 3.05) is 27.4 Å². The number of methoxy groups -OCH3 is 2. The van der Waals surface area contributed by atoms with Gasteiger partial charge in [-0.25, -0.2) is 0 Å². The van der Waals surface area contributed by atoms with Gasteiger partial charge in [0.2, 0.25) is 0 Å². The van der Waals surface area contributed by atoms with Crippen LogP contribution in [0.25, 0.3) is 0 Å². The van der Waals surface area contributed by atoms with Gasteiger partial charge in [-0.3, -0.25) is 4.79 Å². The summed E-state index contributed by atoms with van der Waals surface area (Å²) in [5.41, 5.74) is 2.85. The number of rotatable bonds is 13. The average molecular weight is 528 g/mol. The number of hydrogen-bond acceptors (Lipinski definition) is 6.